The van der Waals surface area contributed by atoms with Gasteiger partial charge in [-0.15, -0.1) is 11.3 Å². The number of thiophene rings is 1. The summed E-state index contributed by atoms with van der Waals surface area (Å²) in [7, 11) is 0. The Kier molecular flexibility index (Phi) is 3.03. The van der Waals surface area contributed by atoms with Gasteiger partial charge in [-0.1, -0.05) is 0 Å². The van der Waals surface area contributed by atoms with Crippen LogP contribution in [0, 0.1) is 0 Å². The molecule has 13 heavy (non-hydrogen) atoms. The van der Waals surface area contributed by atoms with Crippen molar-refractivity contribution in [2.75, 3.05) is 0 Å². The lowest BCUT2D eigenvalue weighted by atomic mass is 9.90. The van der Waals surface area contributed by atoms with Crippen LogP contribution in [0.25, 0.3) is 0 Å². The van der Waals surface area contributed by atoms with Crippen LogP contribution in [-0.4, -0.2) is 12.1 Å². The molecular weight excluding hydrogens is 250 g/mol. The minimum absolute atomic E-state index is 0.375. The smallest absolute Gasteiger partial charge is 0.0813 e. The highest BCUT2D eigenvalue weighted by Crippen LogP contribution is 2.25. The first-order chi connectivity index (χ1) is 6.24. The summed E-state index contributed by atoms with van der Waals surface area (Å²) < 4.78 is 6.80. The lowest BCUT2D eigenvalue weighted by Gasteiger charge is -2.31. The first-order valence-corrected chi connectivity index (χ1v) is 6.01. The molecule has 0 saturated heterocycles. The molecule has 0 radical (unpaired) electrons. The first-order valence-electron chi connectivity index (χ1n) is 4.34. The Labute approximate surface area is 90.2 Å². The summed E-state index contributed by atoms with van der Waals surface area (Å²) in [4.78, 5) is 1.27. The first kappa shape index (κ1) is 9.65. The zero-order valence-corrected chi connectivity index (χ0v) is 9.61. The maximum absolute atomic E-state index is 5.66. The lowest BCUT2D eigenvalue weighted by Crippen LogP contribution is -2.41. The summed E-state index contributed by atoms with van der Waals surface area (Å²) in [5.41, 5.74) is 5.66. The van der Waals surface area contributed by atoms with Gasteiger partial charge < -0.3 is 10.5 Å². The molecule has 4 heteroatoms. The van der Waals surface area contributed by atoms with E-state index in [1.54, 1.807) is 11.3 Å². The van der Waals surface area contributed by atoms with Crippen LogP contribution in [0.5, 0.6) is 0 Å². The number of ether oxygens (including phenoxy) is 1. The molecule has 0 aliphatic heterocycles. The van der Waals surface area contributed by atoms with E-state index >= 15 is 0 Å². The van der Waals surface area contributed by atoms with Crippen LogP contribution in [0.2, 0.25) is 0 Å². The second-order valence-corrected chi connectivity index (χ2v) is 5.31. The SMILES string of the molecule is NC1CC(OCc2cc(Br)cs2)C1. The molecule has 1 aromatic heterocycles. The van der Waals surface area contributed by atoms with Crippen molar-refractivity contribution >= 4 is 27.3 Å². The molecule has 2 nitrogen and oxygen atoms in total. The molecule has 0 bridgehead atoms. The number of rotatable bonds is 3. The van der Waals surface area contributed by atoms with E-state index in [-0.39, 0.29) is 0 Å². The summed E-state index contributed by atoms with van der Waals surface area (Å²) in [5, 5.41) is 2.07. The van der Waals surface area contributed by atoms with Gasteiger partial charge in [0.05, 0.1) is 12.7 Å². The molecule has 0 unspecified atom stereocenters. The van der Waals surface area contributed by atoms with Crippen molar-refractivity contribution in [2.24, 2.45) is 5.73 Å². The normalized spacial score (nSPS) is 27.2. The number of halogens is 1. The highest BCUT2D eigenvalue weighted by atomic mass is 79.9. The molecular formula is C9H12BrNOS. The quantitative estimate of drug-likeness (QED) is 0.908. The molecule has 1 fully saturated rings. The number of hydrogen-bond donors (Lipinski definition) is 1. The van der Waals surface area contributed by atoms with Gasteiger partial charge in [-0.3, -0.25) is 0 Å². The zero-order chi connectivity index (χ0) is 9.26. The zero-order valence-electron chi connectivity index (χ0n) is 7.20. The molecule has 1 saturated carbocycles. The van der Waals surface area contributed by atoms with E-state index in [2.05, 4.69) is 27.4 Å². The third-order valence-corrected chi connectivity index (χ3v) is 3.89. The molecule has 2 N–H and O–H groups in total. The van der Waals surface area contributed by atoms with Crippen molar-refractivity contribution in [3.63, 3.8) is 0 Å². The fourth-order valence-electron chi connectivity index (χ4n) is 1.37. The predicted octanol–water partition coefficient (Wildman–Crippen LogP) is 2.52. The van der Waals surface area contributed by atoms with E-state index in [1.807, 2.05) is 0 Å². The standard InChI is InChI=1S/C9H12BrNOS/c10-6-1-9(13-5-6)4-12-8-2-7(11)3-8/h1,5,7-8H,2-4,11H2. The van der Waals surface area contributed by atoms with E-state index in [4.69, 9.17) is 10.5 Å². The summed E-state index contributed by atoms with van der Waals surface area (Å²) >= 11 is 5.14. The van der Waals surface area contributed by atoms with Gasteiger partial charge >= 0.3 is 0 Å². The van der Waals surface area contributed by atoms with Gasteiger partial charge in [0.1, 0.15) is 0 Å². The fourth-order valence-corrected chi connectivity index (χ4v) is 2.74. The van der Waals surface area contributed by atoms with Crippen molar-refractivity contribution in [3.8, 4) is 0 Å². The van der Waals surface area contributed by atoms with Crippen molar-refractivity contribution < 1.29 is 4.74 Å². The van der Waals surface area contributed by atoms with Gasteiger partial charge in [0.2, 0.25) is 0 Å². The molecule has 2 rings (SSSR count). The van der Waals surface area contributed by atoms with Crippen molar-refractivity contribution in [1.29, 1.82) is 0 Å². The van der Waals surface area contributed by atoms with Crippen LogP contribution in [0.1, 0.15) is 17.7 Å². The Balaban J connectivity index is 1.74. The second-order valence-electron chi connectivity index (χ2n) is 3.40. The Morgan fingerprint density at radius 3 is 2.92 bits per heavy atom. The summed E-state index contributed by atoms with van der Waals surface area (Å²) in [6.45, 7) is 0.730. The molecule has 0 spiro atoms. The monoisotopic (exact) mass is 261 g/mol. The minimum atomic E-state index is 0.375. The van der Waals surface area contributed by atoms with Crippen LogP contribution in [0.4, 0.5) is 0 Å². The summed E-state index contributed by atoms with van der Waals surface area (Å²) in [5.74, 6) is 0. The number of nitrogens with two attached hydrogens (primary N) is 1. The predicted molar refractivity (Wildman–Crippen MR) is 57.8 cm³/mol. The van der Waals surface area contributed by atoms with Crippen LogP contribution in [0.15, 0.2) is 15.9 Å². The van der Waals surface area contributed by atoms with Crippen LogP contribution < -0.4 is 5.73 Å². The lowest BCUT2D eigenvalue weighted by molar-refractivity contribution is -0.0177. The van der Waals surface area contributed by atoms with Gasteiger partial charge in [-0.25, -0.2) is 0 Å². The molecule has 0 atom stereocenters. The van der Waals surface area contributed by atoms with Gasteiger partial charge in [0.25, 0.3) is 0 Å². The summed E-state index contributed by atoms with van der Waals surface area (Å²) in [6.07, 6.45) is 2.44. The third kappa shape index (κ3) is 2.53. The van der Waals surface area contributed by atoms with E-state index in [0.717, 1.165) is 23.9 Å². The van der Waals surface area contributed by atoms with Crippen molar-refractivity contribution in [1.82, 2.24) is 0 Å². The number of hydrogen-bond acceptors (Lipinski definition) is 3. The van der Waals surface area contributed by atoms with Crippen LogP contribution in [-0.2, 0) is 11.3 Å². The highest BCUT2D eigenvalue weighted by Gasteiger charge is 2.26. The average molecular weight is 262 g/mol. The maximum Gasteiger partial charge on any atom is 0.0813 e. The highest BCUT2D eigenvalue weighted by molar-refractivity contribution is 9.10. The fraction of sp³-hybridized carbons (Fsp3) is 0.556. The van der Waals surface area contributed by atoms with Gasteiger partial charge in [0, 0.05) is 20.8 Å². The van der Waals surface area contributed by atoms with E-state index in [9.17, 15) is 0 Å². The average Bonchev–Trinajstić information content (AvgIpc) is 2.43. The molecule has 1 aliphatic carbocycles. The Bertz CT molecular complexity index is 283. The summed E-state index contributed by atoms with van der Waals surface area (Å²) in [6, 6.07) is 2.48. The van der Waals surface area contributed by atoms with Crippen LogP contribution >= 0.6 is 27.3 Å². The van der Waals surface area contributed by atoms with E-state index in [1.165, 1.54) is 4.88 Å². The third-order valence-electron chi connectivity index (χ3n) is 2.21. The van der Waals surface area contributed by atoms with Crippen molar-refractivity contribution in [2.45, 2.75) is 31.6 Å². The maximum atomic E-state index is 5.66. The second kappa shape index (κ2) is 4.09. The molecule has 0 amide bonds. The molecule has 1 aromatic rings. The van der Waals surface area contributed by atoms with Gasteiger partial charge in [-0.2, -0.15) is 0 Å². The Hall–Kier alpha value is 0.1000. The van der Waals surface area contributed by atoms with E-state index in [0.29, 0.717) is 12.1 Å². The molecule has 1 heterocycles. The van der Waals surface area contributed by atoms with Gasteiger partial charge in [-0.05, 0) is 34.8 Å². The topological polar surface area (TPSA) is 35.2 Å². The molecule has 0 aromatic carbocycles. The van der Waals surface area contributed by atoms with Crippen molar-refractivity contribution in [3.05, 3.63) is 20.8 Å². The largest absolute Gasteiger partial charge is 0.373 e. The van der Waals surface area contributed by atoms with Crippen LogP contribution in [0.3, 0.4) is 0 Å². The Morgan fingerprint density at radius 1 is 1.62 bits per heavy atom. The Morgan fingerprint density at radius 2 is 2.38 bits per heavy atom. The van der Waals surface area contributed by atoms with Gasteiger partial charge in [0.15, 0.2) is 0 Å². The van der Waals surface area contributed by atoms with E-state index < -0.39 is 0 Å². The molecule has 72 valence electrons. The molecule has 1 aliphatic rings. The minimum Gasteiger partial charge on any atom is -0.373 e.